The SMILES string of the molecule is O=C(O)Cn1nnnc1-c1ccc(F)c(Br)c1. The molecule has 0 aliphatic rings. The van der Waals surface area contributed by atoms with E-state index in [4.69, 9.17) is 5.11 Å². The number of halogens is 2. The van der Waals surface area contributed by atoms with Crippen LogP contribution in [0.1, 0.15) is 0 Å². The summed E-state index contributed by atoms with van der Waals surface area (Å²) in [5.74, 6) is -1.20. The van der Waals surface area contributed by atoms with Gasteiger partial charge in [0, 0.05) is 5.56 Å². The number of carboxylic acid groups (broad SMARTS) is 1. The van der Waals surface area contributed by atoms with E-state index in [2.05, 4.69) is 31.5 Å². The zero-order chi connectivity index (χ0) is 12.4. The number of tetrazole rings is 1. The maximum atomic E-state index is 13.1. The summed E-state index contributed by atoms with van der Waals surface area (Å²) in [6.07, 6.45) is 0. The highest BCUT2D eigenvalue weighted by atomic mass is 79.9. The Morgan fingerprint density at radius 2 is 2.29 bits per heavy atom. The largest absolute Gasteiger partial charge is 0.480 e. The molecule has 0 unspecified atom stereocenters. The van der Waals surface area contributed by atoms with E-state index in [1.54, 1.807) is 0 Å². The van der Waals surface area contributed by atoms with Crippen molar-refractivity contribution in [2.45, 2.75) is 6.54 Å². The monoisotopic (exact) mass is 300 g/mol. The van der Waals surface area contributed by atoms with E-state index >= 15 is 0 Å². The first-order chi connectivity index (χ1) is 8.08. The minimum atomic E-state index is -1.06. The molecule has 0 spiro atoms. The minimum absolute atomic E-state index is 0.264. The van der Waals surface area contributed by atoms with Gasteiger partial charge in [-0.25, -0.2) is 9.07 Å². The number of carboxylic acids is 1. The van der Waals surface area contributed by atoms with Gasteiger partial charge in [0.25, 0.3) is 0 Å². The van der Waals surface area contributed by atoms with Crippen molar-refractivity contribution in [2.75, 3.05) is 0 Å². The van der Waals surface area contributed by atoms with Crippen molar-refractivity contribution in [1.82, 2.24) is 20.2 Å². The Hall–Kier alpha value is -1.83. The Morgan fingerprint density at radius 1 is 1.53 bits per heavy atom. The molecule has 0 atom stereocenters. The molecule has 0 saturated carbocycles. The Morgan fingerprint density at radius 3 is 2.94 bits per heavy atom. The number of hydrogen-bond donors (Lipinski definition) is 1. The van der Waals surface area contributed by atoms with E-state index in [1.165, 1.54) is 18.2 Å². The molecule has 6 nitrogen and oxygen atoms in total. The van der Waals surface area contributed by atoms with E-state index < -0.39 is 11.8 Å². The Balaban J connectivity index is 2.42. The molecule has 1 aromatic carbocycles. The van der Waals surface area contributed by atoms with E-state index in [1.807, 2.05) is 0 Å². The van der Waals surface area contributed by atoms with Crippen LogP contribution in [-0.4, -0.2) is 31.3 Å². The van der Waals surface area contributed by atoms with Crippen LogP contribution in [0.15, 0.2) is 22.7 Å². The molecular weight excluding hydrogens is 295 g/mol. The average molecular weight is 301 g/mol. The Bertz CT molecular complexity index is 572. The van der Waals surface area contributed by atoms with Crippen LogP contribution in [0.5, 0.6) is 0 Å². The van der Waals surface area contributed by atoms with Gasteiger partial charge in [-0.05, 0) is 44.6 Å². The predicted octanol–water partition coefficient (Wildman–Crippen LogP) is 1.33. The van der Waals surface area contributed by atoms with Crippen molar-refractivity contribution in [3.05, 3.63) is 28.5 Å². The molecule has 2 rings (SSSR count). The normalized spacial score (nSPS) is 10.5. The standard InChI is InChI=1S/C9H6BrFN4O2/c10-6-3-5(1-2-7(6)11)9-12-13-14-15(9)4-8(16)17/h1-3H,4H2,(H,16,17). The molecule has 0 aliphatic carbocycles. The molecule has 0 radical (unpaired) electrons. The first kappa shape index (κ1) is 11.6. The number of aromatic nitrogens is 4. The molecule has 88 valence electrons. The van der Waals surface area contributed by atoms with Crippen LogP contribution in [0, 0.1) is 5.82 Å². The topological polar surface area (TPSA) is 80.9 Å². The Labute approximate surface area is 103 Å². The highest BCUT2D eigenvalue weighted by Gasteiger charge is 2.12. The third kappa shape index (κ3) is 2.47. The van der Waals surface area contributed by atoms with Gasteiger partial charge in [0.1, 0.15) is 12.4 Å². The first-order valence-electron chi connectivity index (χ1n) is 4.51. The van der Waals surface area contributed by atoms with Crippen LogP contribution < -0.4 is 0 Å². The summed E-state index contributed by atoms with van der Waals surface area (Å²) in [6, 6.07) is 4.21. The van der Waals surface area contributed by atoms with Crippen LogP contribution >= 0.6 is 15.9 Å². The molecule has 0 fully saturated rings. The second kappa shape index (κ2) is 4.58. The van der Waals surface area contributed by atoms with Crippen LogP contribution in [0.3, 0.4) is 0 Å². The van der Waals surface area contributed by atoms with E-state index in [9.17, 15) is 9.18 Å². The second-order valence-electron chi connectivity index (χ2n) is 3.18. The van der Waals surface area contributed by atoms with Gasteiger partial charge in [-0.2, -0.15) is 0 Å². The molecule has 2 aromatic rings. The third-order valence-electron chi connectivity index (χ3n) is 1.99. The molecule has 1 N–H and O–H groups in total. The summed E-state index contributed by atoms with van der Waals surface area (Å²) in [5, 5.41) is 19.3. The van der Waals surface area contributed by atoms with Crippen LogP contribution in [0.4, 0.5) is 4.39 Å². The van der Waals surface area contributed by atoms with Gasteiger partial charge in [0.2, 0.25) is 0 Å². The van der Waals surface area contributed by atoms with Gasteiger partial charge in [0.15, 0.2) is 5.82 Å². The number of nitrogens with zero attached hydrogens (tertiary/aromatic N) is 4. The number of rotatable bonds is 3. The lowest BCUT2D eigenvalue weighted by Gasteiger charge is -2.02. The van der Waals surface area contributed by atoms with Crippen LogP contribution in [-0.2, 0) is 11.3 Å². The lowest BCUT2D eigenvalue weighted by Crippen LogP contribution is -2.11. The number of aliphatic carboxylic acids is 1. The van der Waals surface area contributed by atoms with Gasteiger partial charge < -0.3 is 5.11 Å². The summed E-state index contributed by atoms with van der Waals surface area (Å²) in [6.45, 7) is -0.350. The smallest absolute Gasteiger partial charge is 0.325 e. The molecule has 0 bridgehead atoms. The third-order valence-corrected chi connectivity index (χ3v) is 2.60. The van der Waals surface area contributed by atoms with E-state index in [0.29, 0.717) is 5.56 Å². The van der Waals surface area contributed by atoms with Gasteiger partial charge in [-0.3, -0.25) is 4.79 Å². The fourth-order valence-electron chi connectivity index (χ4n) is 1.28. The van der Waals surface area contributed by atoms with Gasteiger partial charge in [-0.1, -0.05) is 0 Å². The summed E-state index contributed by atoms with van der Waals surface area (Å²) < 4.78 is 14.4. The highest BCUT2D eigenvalue weighted by Crippen LogP contribution is 2.23. The first-order valence-corrected chi connectivity index (χ1v) is 5.30. The fourth-order valence-corrected chi connectivity index (χ4v) is 1.66. The highest BCUT2D eigenvalue weighted by molar-refractivity contribution is 9.10. The molecule has 0 saturated heterocycles. The van der Waals surface area contributed by atoms with Crippen molar-refractivity contribution in [3.8, 4) is 11.4 Å². The fraction of sp³-hybridized carbons (Fsp3) is 0.111. The molecular formula is C9H6BrFN4O2. The molecule has 0 aliphatic heterocycles. The van der Waals surface area contributed by atoms with Crippen molar-refractivity contribution in [2.24, 2.45) is 0 Å². The van der Waals surface area contributed by atoms with E-state index in [-0.39, 0.29) is 16.8 Å². The lowest BCUT2D eigenvalue weighted by atomic mass is 10.2. The summed E-state index contributed by atoms with van der Waals surface area (Å²) >= 11 is 3.04. The van der Waals surface area contributed by atoms with Crippen molar-refractivity contribution in [3.63, 3.8) is 0 Å². The van der Waals surface area contributed by atoms with E-state index in [0.717, 1.165) is 4.68 Å². The summed E-state index contributed by atoms with van der Waals surface area (Å²) in [7, 11) is 0. The molecule has 1 aromatic heterocycles. The van der Waals surface area contributed by atoms with Crippen molar-refractivity contribution < 1.29 is 14.3 Å². The molecule has 8 heteroatoms. The maximum Gasteiger partial charge on any atom is 0.325 e. The molecule has 0 amide bonds. The van der Waals surface area contributed by atoms with Gasteiger partial charge >= 0.3 is 5.97 Å². The van der Waals surface area contributed by atoms with Crippen LogP contribution in [0.2, 0.25) is 0 Å². The van der Waals surface area contributed by atoms with Gasteiger partial charge in [0.05, 0.1) is 4.47 Å². The quantitative estimate of drug-likeness (QED) is 0.925. The maximum absolute atomic E-state index is 13.1. The Kier molecular flexibility index (Phi) is 3.14. The van der Waals surface area contributed by atoms with Crippen LogP contribution in [0.25, 0.3) is 11.4 Å². The minimum Gasteiger partial charge on any atom is -0.480 e. The zero-order valence-corrected chi connectivity index (χ0v) is 9.93. The number of benzene rings is 1. The summed E-state index contributed by atoms with van der Waals surface area (Å²) in [4.78, 5) is 10.6. The second-order valence-corrected chi connectivity index (χ2v) is 4.04. The summed E-state index contributed by atoms with van der Waals surface area (Å²) in [5.41, 5.74) is 0.532. The molecule has 1 heterocycles. The van der Waals surface area contributed by atoms with Gasteiger partial charge in [-0.15, -0.1) is 5.10 Å². The van der Waals surface area contributed by atoms with Crippen molar-refractivity contribution >= 4 is 21.9 Å². The average Bonchev–Trinajstić information content (AvgIpc) is 2.69. The predicted molar refractivity (Wildman–Crippen MR) is 58.5 cm³/mol. The zero-order valence-electron chi connectivity index (χ0n) is 8.34. The molecule has 17 heavy (non-hydrogen) atoms. The number of carbonyl (C=O) groups is 1. The van der Waals surface area contributed by atoms with Crippen molar-refractivity contribution in [1.29, 1.82) is 0 Å². The lowest BCUT2D eigenvalue weighted by molar-refractivity contribution is -0.137. The number of hydrogen-bond acceptors (Lipinski definition) is 4.